The molecule has 1 fully saturated rings. The van der Waals surface area contributed by atoms with Crippen molar-refractivity contribution in [3.8, 4) is 11.5 Å². The highest BCUT2D eigenvalue weighted by molar-refractivity contribution is 5.96. The summed E-state index contributed by atoms with van der Waals surface area (Å²) in [7, 11) is 0. The number of fused-ring (bicyclic) bond motifs is 3. The van der Waals surface area contributed by atoms with Crippen LogP contribution >= 0.6 is 0 Å². The lowest BCUT2D eigenvalue weighted by molar-refractivity contribution is -0.00592. The van der Waals surface area contributed by atoms with Gasteiger partial charge in [-0.05, 0) is 45.7 Å². The number of rotatable bonds is 1. The highest BCUT2D eigenvalue weighted by atomic mass is 16.7. The van der Waals surface area contributed by atoms with E-state index in [4.69, 9.17) is 18.9 Å². The predicted octanol–water partition coefficient (Wildman–Crippen LogP) is 3.03. The second kappa shape index (κ2) is 5.54. The van der Waals surface area contributed by atoms with Gasteiger partial charge in [-0.25, -0.2) is 9.59 Å². The fraction of sp³-hybridized carbons (Fsp3) is 0.556. The topological polar surface area (TPSA) is 74.3 Å². The Labute approximate surface area is 145 Å². The molecular formula is C18H21NO6. The van der Waals surface area contributed by atoms with Crippen LogP contribution in [-0.4, -0.2) is 41.9 Å². The molecular weight excluding hydrogens is 326 g/mol. The van der Waals surface area contributed by atoms with Crippen molar-refractivity contribution in [1.82, 2.24) is 4.90 Å². The zero-order chi connectivity index (χ0) is 17.8. The SMILES string of the molecule is CC(C)(C)OC(=O)N1CCCC1C1OC(=O)c2ccc3c(c21)OCO3. The van der Waals surface area contributed by atoms with Crippen molar-refractivity contribution in [1.29, 1.82) is 0 Å². The molecule has 1 aromatic carbocycles. The Kier molecular flexibility index (Phi) is 3.56. The maximum absolute atomic E-state index is 12.6. The minimum absolute atomic E-state index is 0.118. The van der Waals surface area contributed by atoms with Crippen molar-refractivity contribution < 1.29 is 28.5 Å². The van der Waals surface area contributed by atoms with Gasteiger partial charge in [-0.15, -0.1) is 0 Å². The maximum Gasteiger partial charge on any atom is 0.410 e. The number of amides is 1. The lowest BCUT2D eigenvalue weighted by Gasteiger charge is -2.31. The van der Waals surface area contributed by atoms with Gasteiger partial charge in [0.15, 0.2) is 17.6 Å². The van der Waals surface area contributed by atoms with Gasteiger partial charge < -0.3 is 23.8 Å². The predicted molar refractivity (Wildman–Crippen MR) is 86.7 cm³/mol. The van der Waals surface area contributed by atoms with Gasteiger partial charge in [0.05, 0.1) is 17.2 Å². The molecule has 134 valence electrons. The smallest absolute Gasteiger partial charge is 0.410 e. The molecule has 1 saturated heterocycles. The number of likely N-dealkylation sites (tertiary alicyclic amines) is 1. The highest BCUT2D eigenvalue weighted by Crippen LogP contribution is 2.48. The number of nitrogens with zero attached hydrogens (tertiary/aromatic N) is 1. The fourth-order valence-electron chi connectivity index (χ4n) is 3.62. The Bertz CT molecular complexity index is 738. The molecule has 7 heteroatoms. The van der Waals surface area contributed by atoms with E-state index in [1.54, 1.807) is 17.0 Å². The van der Waals surface area contributed by atoms with Gasteiger partial charge in [-0.2, -0.15) is 0 Å². The molecule has 1 amide bonds. The lowest BCUT2D eigenvalue weighted by atomic mass is 9.97. The standard InChI is InChI=1S/C18H21NO6/c1-18(2,3)25-17(21)19-8-4-5-11(19)14-13-10(16(20)24-14)6-7-12-15(13)23-9-22-12/h6-7,11,14H,4-5,8-9H2,1-3H3. The minimum atomic E-state index is -0.577. The monoisotopic (exact) mass is 347 g/mol. The van der Waals surface area contributed by atoms with E-state index in [9.17, 15) is 9.59 Å². The molecule has 7 nitrogen and oxygen atoms in total. The molecule has 0 N–H and O–H groups in total. The van der Waals surface area contributed by atoms with Crippen LogP contribution in [0.1, 0.15) is 55.6 Å². The van der Waals surface area contributed by atoms with Crippen LogP contribution < -0.4 is 9.47 Å². The highest BCUT2D eigenvalue weighted by Gasteiger charge is 2.47. The van der Waals surface area contributed by atoms with E-state index in [-0.39, 0.29) is 18.9 Å². The number of benzene rings is 1. The summed E-state index contributed by atoms with van der Waals surface area (Å²) < 4.78 is 22.1. The Balaban J connectivity index is 1.66. The molecule has 3 aliphatic heterocycles. The summed E-state index contributed by atoms with van der Waals surface area (Å²) in [5.41, 5.74) is 0.581. The lowest BCUT2D eigenvalue weighted by Crippen LogP contribution is -2.42. The normalized spacial score (nSPS) is 24.3. The van der Waals surface area contributed by atoms with Gasteiger partial charge in [0.1, 0.15) is 5.60 Å². The molecule has 1 aromatic rings. The van der Waals surface area contributed by atoms with Crippen LogP contribution in [0.2, 0.25) is 0 Å². The van der Waals surface area contributed by atoms with Gasteiger partial charge >= 0.3 is 12.1 Å². The van der Waals surface area contributed by atoms with E-state index < -0.39 is 17.7 Å². The molecule has 0 spiro atoms. The van der Waals surface area contributed by atoms with Crippen LogP contribution in [0.25, 0.3) is 0 Å². The summed E-state index contributed by atoms with van der Waals surface area (Å²) in [5, 5.41) is 0. The minimum Gasteiger partial charge on any atom is -0.454 e. The van der Waals surface area contributed by atoms with Crippen LogP contribution in [0, 0.1) is 0 Å². The Morgan fingerprint density at radius 1 is 1.28 bits per heavy atom. The van der Waals surface area contributed by atoms with E-state index >= 15 is 0 Å². The van der Waals surface area contributed by atoms with Crippen molar-refractivity contribution in [3.05, 3.63) is 23.3 Å². The van der Waals surface area contributed by atoms with Crippen molar-refractivity contribution in [2.75, 3.05) is 13.3 Å². The molecule has 25 heavy (non-hydrogen) atoms. The second-order valence-electron chi connectivity index (χ2n) is 7.47. The summed E-state index contributed by atoms with van der Waals surface area (Å²) in [4.78, 5) is 26.5. The third kappa shape index (κ3) is 2.67. The van der Waals surface area contributed by atoms with Crippen molar-refractivity contribution in [3.63, 3.8) is 0 Å². The van der Waals surface area contributed by atoms with Crippen molar-refractivity contribution in [2.24, 2.45) is 0 Å². The van der Waals surface area contributed by atoms with Crippen molar-refractivity contribution >= 4 is 12.1 Å². The third-order valence-corrected chi connectivity index (χ3v) is 4.59. The first kappa shape index (κ1) is 16.1. The Morgan fingerprint density at radius 3 is 2.84 bits per heavy atom. The number of ether oxygens (including phenoxy) is 4. The summed E-state index contributed by atoms with van der Waals surface area (Å²) in [6.45, 7) is 6.19. The summed E-state index contributed by atoms with van der Waals surface area (Å²) in [6, 6.07) is 3.14. The van der Waals surface area contributed by atoms with Gasteiger partial charge in [0.25, 0.3) is 0 Å². The molecule has 0 aliphatic carbocycles. The Morgan fingerprint density at radius 2 is 2.08 bits per heavy atom. The van der Waals surface area contributed by atoms with Gasteiger partial charge in [0.2, 0.25) is 6.79 Å². The van der Waals surface area contributed by atoms with Gasteiger partial charge in [0, 0.05) is 6.54 Å². The molecule has 3 aliphatic rings. The average Bonchev–Trinajstić information content (AvgIpc) is 3.21. The van der Waals surface area contributed by atoms with Crippen LogP contribution in [0.5, 0.6) is 11.5 Å². The quantitative estimate of drug-likeness (QED) is 0.727. The zero-order valence-electron chi connectivity index (χ0n) is 14.5. The molecule has 4 rings (SSSR count). The van der Waals surface area contributed by atoms with Crippen LogP contribution in [-0.2, 0) is 9.47 Å². The largest absolute Gasteiger partial charge is 0.454 e. The third-order valence-electron chi connectivity index (χ3n) is 4.59. The first-order valence-corrected chi connectivity index (χ1v) is 8.48. The van der Waals surface area contributed by atoms with Gasteiger partial charge in [-0.3, -0.25) is 0 Å². The molecule has 0 radical (unpaired) electrons. The van der Waals surface area contributed by atoms with Gasteiger partial charge in [-0.1, -0.05) is 0 Å². The van der Waals surface area contributed by atoms with Crippen LogP contribution in [0.4, 0.5) is 4.79 Å². The molecule has 0 aromatic heterocycles. The second-order valence-corrected chi connectivity index (χ2v) is 7.47. The van der Waals surface area contributed by atoms with Crippen LogP contribution in [0.15, 0.2) is 12.1 Å². The number of esters is 1. The first-order valence-electron chi connectivity index (χ1n) is 8.48. The number of hydrogen-bond donors (Lipinski definition) is 0. The number of hydrogen-bond acceptors (Lipinski definition) is 6. The number of carbonyl (C=O) groups excluding carboxylic acids is 2. The van der Waals surface area contributed by atoms with E-state index in [2.05, 4.69) is 0 Å². The van der Waals surface area contributed by atoms with E-state index in [1.165, 1.54) is 0 Å². The summed E-state index contributed by atoms with van der Waals surface area (Å²) in [6.07, 6.45) is 0.624. The van der Waals surface area contributed by atoms with E-state index in [0.29, 0.717) is 29.2 Å². The zero-order valence-corrected chi connectivity index (χ0v) is 14.5. The molecule has 0 saturated carbocycles. The van der Waals surface area contributed by atoms with E-state index in [1.807, 2.05) is 20.8 Å². The molecule has 0 bridgehead atoms. The number of cyclic esters (lactones) is 1. The van der Waals surface area contributed by atoms with Crippen LogP contribution in [0.3, 0.4) is 0 Å². The molecule has 3 heterocycles. The van der Waals surface area contributed by atoms with E-state index in [0.717, 1.165) is 12.8 Å². The maximum atomic E-state index is 12.6. The molecule has 2 unspecified atom stereocenters. The summed E-state index contributed by atoms with van der Waals surface area (Å²) >= 11 is 0. The summed E-state index contributed by atoms with van der Waals surface area (Å²) in [5.74, 6) is 0.752. The average molecular weight is 347 g/mol. The fourth-order valence-corrected chi connectivity index (χ4v) is 3.62. The Hall–Kier alpha value is -2.44. The number of carbonyl (C=O) groups is 2. The molecule has 2 atom stereocenters. The first-order chi connectivity index (χ1) is 11.8. The van der Waals surface area contributed by atoms with Crippen molar-refractivity contribution in [2.45, 2.75) is 51.4 Å².